The van der Waals surface area contributed by atoms with E-state index in [0.717, 1.165) is 6.08 Å². The van der Waals surface area contributed by atoms with E-state index in [-0.39, 0.29) is 0 Å². The van der Waals surface area contributed by atoms with Crippen molar-refractivity contribution in [3.63, 3.8) is 0 Å². The third-order valence-corrected chi connectivity index (χ3v) is 1.11. The van der Waals surface area contributed by atoms with E-state index in [4.69, 9.17) is 10.2 Å². The lowest BCUT2D eigenvalue weighted by Gasteiger charge is -2.15. The third kappa shape index (κ3) is 4.00. The van der Waals surface area contributed by atoms with Gasteiger partial charge in [-0.2, -0.15) is 13.2 Å². The first kappa shape index (κ1) is 10.4. The van der Waals surface area contributed by atoms with Gasteiger partial charge in [-0.05, 0) is 0 Å². The average Bonchev–Trinajstić information content (AvgIpc) is 1.85. The van der Waals surface area contributed by atoms with Crippen LogP contribution in [0.3, 0.4) is 0 Å². The van der Waals surface area contributed by atoms with E-state index in [9.17, 15) is 13.2 Å². The molecule has 0 aliphatic rings. The standard InChI is InChI=1S/C6H9F3O2/c1-2-4(10)3-5(11)6(7,8)9/h2,4-5,10-11H,1,3H2. The van der Waals surface area contributed by atoms with Gasteiger partial charge in [0.1, 0.15) is 0 Å². The summed E-state index contributed by atoms with van der Waals surface area (Å²) in [5.41, 5.74) is 0. The summed E-state index contributed by atoms with van der Waals surface area (Å²) in [6.07, 6.45) is -8.27. The Labute approximate surface area is 62.0 Å². The van der Waals surface area contributed by atoms with Crippen LogP contribution in [0.2, 0.25) is 0 Å². The van der Waals surface area contributed by atoms with Crippen LogP contribution in [0.5, 0.6) is 0 Å². The maximum atomic E-state index is 11.6. The number of aliphatic hydroxyl groups excluding tert-OH is 2. The lowest BCUT2D eigenvalue weighted by Crippen LogP contribution is -2.31. The summed E-state index contributed by atoms with van der Waals surface area (Å²) in [7, 11) is 0. The van der Waals surface area contributed by atoms with Crippen LogP contribution < -0.4 is 0 Å². The highest BCUT2D eigenvalue weighted by molar-refractivity contribution is 4.82. The molecular weight excluding hydrogens is 161 g/mol. The Morgan fingerprint density at radius 1 is 1.36 bits per heavy atom. The van der Waals surface area contributed by atoms with Gasteiger partial charge in [0.25, 0.3) is 0 Å². The Balaban J connectivity index is 3.87. The molecule has 0 spiro atoms. The zero-order valence-electron chi connectivity index (χ0n) is 5.67. The van der Waals surface area contributed by atoms with Crippen LogP contribution in [0, 0.1) is 0 Å². The minimum Gasteiger partial charge on any atom is -0.389 e. The normalized spacial score (nSPS) is 17.5. The summed E-state index contributed by atoms with van der Waals surface area (Å²) in [6, 6.07) is 0. The molecule has 0 bridgehead atoms. The Bertz CT molecular complexity index is 132. The highest BCUT2D eigenvalue weighted by atomic mass is 19.4. The summed E-state index contributed by atoms with van der Waals surface area (Å²) in [5, 5.41) is 17.0. The van der Waals surface area contributed by atoms with Crippen LogP contribution >= 0.6 is 0 Å². The molecule has 2 N–H and O–H groups in total. The van der Waals surface area contributed by atoms with Gasteiger partial charge in [0.2, 0.25) is 0 Å². The zero-order valence-corrected chi connectivity index (χ0v) is 5.67. The van der Waals surface area contributed by atoms with Crippen LogP contribution in [0.25, 0.3) is 0 Å². The molecule has 0 aliphatic heterocycles. The van der Waals surface area contributed by atoms with Gasteiger partial charge in [0.15, 0.2) is 6.10 Å². The number of hydrogen-bond acceptors (Lipinski definition) is 2. The molecule has 0 aromatic rings. The second kappa shape index (κ2) is 3.73. The maximum absolute atomic E-state index is 11.6. The Kier molecular flexibility index (Phi) is 3.54. The molecule has 0 radical (unpaired) electrons. The SMILES string of the molecule is C=CC(O)CC(O)C(F)(F)F. The Hall–Kier alpha value is -0.550. The molecule has 0 heterocycles. The molecule has 11 heavy (non-hydrogen) atoms. The second-order valence-electron chi connectivity index (χ2n) is 2.10. The molecule has 2 nitrogen and oxygen atoms in total. The van der Waals surface area contributed by atoms with Gasteiger partial charge in [0.05, 0.1) is 6.10 Å². The average molecular weight is 170 g/mol. The molecule has 0 saturated carbocycles. The Morgan fingerprint density at radius 2 is 1.82 bits per heavy atom. The van der Waals surface area contributed by atoms with Crippen LogP contribution in [-0.4, -0.2) is 28.6 Å². The predicted octanol–water partition coefficient (Wildman–Crippen LogP) is 0.847. The topological polar surface area (TPSA) is 40.5 Å². The quantitative estimate of drug-likeness (QED) is 0.616. The van der Waals surface area contributed by atoms with Crippen molar-refractivity contribution in [2.24, 2.45) is 0 Å². The van der Waals surface area contributed by atoms with E-state index in [0.29, 0.717) is 0 Å². The number of halogens is 3. The van der Waals surface area contributed by atoms with Gasteiger partial charge in [-0.3, -0.25) is 0 Å². The van der Waals surface area contributed by atoms with Gasteiger partial charge in [-0.25, -0.2) is 0 Å². The highest BCUT2D eigenvalue weighted by Gasteiger charge is 2.38. The van der Waals surface area contributed by atoms with Crippen molar-refractivity contribution in [3.05, 3.63) is 12.7 Å². The fraction of sp³-hybridized carbons (Fsp3) is 0.667. The largest absolute Gasteiger partial charge is 0.414 e. The lowest BCUT2D eigenvalue weighted by molar-refractivity contribution is -0.209. The first-order valence-corrected chi connectivity index (χ1v) is 2.93. The molecule has 0 aliphatic carbocycles. The number of aliphatic hydroxyl groups is 2. The molecule has 0 saturated heterocycles. The van der Waals surface area contributed by atoms with Gasteiger partial charge in [-0.1, -0.05) is 6.08 Å². The third-order valence-electron chi connectivity index (χ3n) is 1.11. The van der Waals surface area contributed by atoms with Crippen LogP contribution in [0.4, 0.5) is 13.2 Å². The monoisotopic (exact) mass is 170 g/mol. The van der Waals surface area contributed by atoms with E-state index in [1.54, 1.807) is 0 Å². The molecule has 0 aromatic heterocycles. The van der Waals surface area contributed by atoms with E-state index in [1.165, 1.54) is 0 Å². The highest BCUT2D eigenvalue weighted by Crippen LogP contribution is 2.23. The summed E-state index contributed by atoms with van der Waals surface area (Å²) in [4.78, 5) is 0. The van der Waals surface area contributed by atoms with E-state index in [1.807, 2.05) is 0 Å². The van der Waals surface area contributed by atoms with Crippen LogP contribution in [0.1, 0.15) is 6.42 Å². The molecule has 0 amide bonds. The number of hydrogen-bond donors (Lipinski definition) is 2. The molecule has 2 atom stereocenters. The molecule has 0 rings (SSSR count). The van der Waals surface area contributed by atoms with Gasteiger partial charge in [-0.15, -0.1) is 6.58 Å². The second-order valence-corrected chi connectivity index (χ2v) is 2.10. The van der Waals surface area contributed by atoms with Crippen molar-refractivity contribution in [1.82, 2.24) is 0 Å². The van der Waals surface area contributed by atoms with Gasteiger partial charge < -0.3 is 10.2 Å². The van der Waals surface area contributed by atoms with E-state index >= 15 is 0 Å². The Morgan fingerprint density at radius 3 is 2.09 bits per heavy atom. The smallest absolute Gasteiger partial charge is 0.389 e. The van der Waals surface area contributed by atoms with Crippen molar-refractivity contribution in [2.75, 3.05) is 0 Å². The summed E-state index contributed by atoms with van der Waals surface area (Å²) >= 11 is 0. The van der Waals surface area contributed by atoms with Crippen molar-refractivity contribution in [3.8, 4) is 0 Å². The van der Waals surface area contributed by atoms with Crippen molar-refractivity contribution in [1.29, 1.82) is 0 Å². The molecule has 2 unspecified atom stereocenters. The van der Waals surface area contributed by atoms with Gasteiger partial charge in [0, 0.05) is 6.42 Å². The number of rotatable bonds is 3. The summed E-state index contributed by atoms with van der Waals surface area (Å²) < 4.78 is 34.7. The van der Waals surface area contributed by atoms with E-state index < -0.39 is 24.8 Å². The van der Waals surface area contributed by atoms with Crippen molar-refractivity contribution >= 4 is 0 Å². The lowest BCUT2D eigenvalue weighted by atomic mass is 10.1. The maximum Gasteiger partial charge on any atom is 0.414 e. The minimum absolute atomic E-state index is 0.757. The molecule has 0 fully saturated rings. The predicted molar refractivity (Wildman–Crippen MR) is 32.9 cm³/mol. The first-order valence-electron chi connectivity index (χ1n) is 2.93. The molecular formula is C6H9F3O2. The van der Waals surface area contributed by atoms with E-state index in [2.05, 4.69) is 6.58 Å². The van der Waals surface area contributed by atoms with Crippen molar-refractivity contribution in [2.45, 2.75) is 24.8 Å². The first-order chi connectivity index (χ1) is 4.88. The molecule has 0 aromatic carbocycles. The molecule has 5 heteroatoms. The summed E-state index contributed by atoms with van der Waals surface area (Å²) in [6.45, 7) is 3.07. The van der Waals surface area contributed by atoms with Crippen molar-refractivity contribution < 1.29 is 23.4 Å². The fourth-order valence-electron chi connectivity index (χ4n) is 0.459. The molecule has 66 valence electrons. The van der Waals surface area contributed by atoms with Gasteiger partial charge >= 0.3 is 6.18 Å². The number of alkyl halides is 3. The summed E-state index contributed by atoms with van der Waals surface area (Å²) in [5.74, 6) is 0. The van der Waals surface area contributed by atoms with Crippen LogP contribution in [-0.2, 0) is 0 Å². The zero-order chi connectivity index (χ0) is 9.07. The fourth-order valence-corrected chi connectivity index (χ4v) is 0.459. The minimum atomic E-state index is -4.66. The van der Waals surface area contributed by atoms with Crippen LogP contribution in [0.15, 0.2) is 12.7 Å².